The summed E-state index contributed by atoms with van der Waals surface area (Å²) in [5.74, 6) is 0.125. The Balaban J connectivity index is 3.17. The van der Waals surface area contributed by atoms with Crippen LogP contribution in [-0.4, -0.2) is 15.0 Å². The van der Waals surface area contributed by atoms with Gasteiger partial charge < -0.3 is 17.2 Å². The SMILES string of the molecule is N[13c]1n[13c](N)n[13c](N)n1. The Kier molecular flexibility index (Phi) is 1.07. The molecule has 0 amide bonds. The van der Waals surface area contributed by atoms with Crippen molar-refractivity contribution in [1.82, 2.24) is 15.0 Å². The summed E-state index contributed by atoms with van der Waals surface area (Å²) in [5.41, 5.74) is 15.4. The van der Waals surface area contributed by atoms with Gasteiger partial charge in [-0.15, -0.1) is 0 Å². The molecule has 0 aliphatic heterocycles. The van der Waals surface area contributed by atoms with Gasteiger partial charge in [0.2, 0.25) is 17.8 Å². The number of nitrogens with two attached hydrogens (primary N) is 3. The highest BCUT2D eigenvalue weighted by Crippen LogP contribution is 1.97. The van der Waals surface area contributed by atoms with Gasteiger partial charge in [0.25, 0.3) is 0 Å². The van der Waals surface area contributed by atoms with E-state index in [0.717, 1.165) is 0 Å². The molecular formula is C3H6N6. The molecule has 9 heavy (non-hydrogen) atoms. The summed E-state index contributed by atoms with van der Waals surface area (Å²) in [6.07, 6.45) is 0. The molecule has 0 spiro atoms. The lowest BCUT2D eigenvalue weighted by Gasteiger charge is -1.93. The van der Waals surface area contributed by atoms with Gasteiger partial charge in [0, 0.05) is 0 Å². The number of nitrogen functional groups attached to an aromatic ring is 3. The maximum Gasteiger partial charge on any atom is 0.226 e. The summed E-state index contributed by atoms with van der Waals surface area (Å²) in [7, 11) is 0. The molecule has 1 rings (SSSR count). The normalized spacial score (nSPS) is 9.33. The van der Waals surface area contributed by atoms with E-state index in [-0.39, 0.29) is 17.8 Å². The molecule has 6 heteroatoms. The minimum absolute atomic E-state index is 0.0417. The zero-order valence-electron chi connectivity index (χ0n) is 4.57. The lowest BCUT2D eigenvalue weighted by Crippen LogP contribution is -2.05. The van der Waals surface area contributed by atoms with Crippen molar-refractivity contribution < 1.29 is 0 Å². The fourth-order valence-corrected chi connectivity index (χ4v) is 0.427. The molecule has 6 N–H and O–H groups in total. The molecule has 0 aliphatic rings. The summed E-state index contributed by atoms with van der Waals surface area (Å²) in [6, 6.07) is 0. The maximum absolute atomic E-state index is 5.14. The zero-order chi connectivity index (χ0) is 6.85. The van der Waals surface area contributed by atoms with Gasteiger partial charge >= 0.3 is 0 Å². The van der Waals surface area contributed by atoms with Crippen molar-refractivity contribution in [1.29, 1.82) is 0 Å². The third-order valence-corrected chi connectivity index (χ3v) is 0.687. The number of anilines is 3. The van der Waals surface area contributed by atoms with Crippen molar-refractivity contribution >= 4 is 17.8 Å². The second-order valence-corrected chi connectivity index (χ2v) is 1.41. The molecule has 0 radical (unpaired) electrons. The first-order valence-corrected chi connectivity index (χ1v) is 2.21. The van der Waals surface area contributed by atoms with Crippen LogP contribution in [0.1, 0.15) is 0 Å². The van der Waals surface area contributed by atoms with E-state index in [0.29, 0.717) is 0 Å². The van der Waals surface area contributed by atoms with E-state index >= 15 is 0 Å². The van der Waals surface area contributed by atoms with Gasteiger partial charge in [-0.3, -0.25) is 0 Å². The van der Waals surface area contributed by atoms with Crippen LogP contribution in [0, 0.1) is 0 Å². The van der Waals surface area contributed by atoms with E-state index in [1.807, 2.05) is 0 Å². The first-order valence-electron chi connectivity index (χ1n) is 2.21. The molecular weight excluding hydrogens is 123 g/mol. The van der Waals surface area contributed by atoms with E-state index in [1.54, 1.807) is 0 Å². The van der Waals surface area contributed by atoms with E-state index in [1.165, 1.54) is 0 Å². The van der Waals surface area contributed by atoms with Gasteiger partial charge in [0.05, 0.1) is 0 Å². The highest BCUT2D eigenvalue weighted by molar-refractivity contribution is 5.33. The van der Waals surface area contributed by atoms with Gasteiger partial charge in [-0.25, -0.2) is 0 Å². The Hall–Kier alpha value is -1.59. The van der Waals surface area contributed by atoms with Crippen LogP contribution >= 0.6 is 0 Å². The monoisotopic (exact) mass is 129 g/mol. The van der Waals surface area contributed by atoms with Gasteiger partial charge in [-0.05, 0) is 0 Å². The molecule has 1 heterocycles. The molecule has 6 nitrogen and oxygen atoms in total. The first-order chi connectivity index (χ1) is 4.18. The van der Waals surface area contributed by atoms with Crippen LogP contribution in [0.15, 0.2) is 0 Å². The highest BCUT2D eigenvalue weighted by atomic mass is 15.5. The van der Waals surface area contributed by atoms with Crippen molar-refractivity contribution in [2.24, 2.45) is 0 Å². The van der Waals surface area contributed by atoms with E-state index in [2.05, 4.69) is 15.0 Å². The Labute approximate surface area is 51.1 Å². The Morgan fingerprint density at radius 1 is 0.667 bits per heavy atom. The average molecular weight is 129 g/mol. The number of nitrogens with zero attached hydrogens (tertiary/aromatic N) is 3. The van der Waals surface area contributed by atoms with Gasteiger partial charge in [-0.1, -0.05) is 0 Å². The Morgan fingerprint density at radius 2 is 0.889 bits per heavy atom. The van der Waals surface area contributed by atoms with Crippen LogP contribution in [-0.2, 0) is 0 Å². The fraction of sp³-hybridized carbons (Fsp3) is 0. The molecule has 0 aliphatic carbocycles. The molecule has 0 saturated carbocycles. The molecule has 1 aromatic heterocycles. The van der Waals surface area contributed by atoms with Crippen LogP contribution in [0.3, 0.4) is 0 Å². The summed E-state index contributed by atoms with van der Waals surface area (Å²) >= 11 is 0. The van der Waals surface area contributed by atoms with Gasteiger partial charge in [0.15, 0.2) is 0 Å². The first kappa shape index (κ1) is 5.54. The van der Waals surface area contributed by atoms with Crippen molar-refractivity contribution in [3.05, 3.63) is 0 Å². The van der Waals surface area contributed by atoms with E-state index < -0.39 is 0 Å². The Bertz CT molecular complexity index is 169. The second kappa shape index (κ2) is 1.73. The molecule has 0 unspecified atom stereocenters. The summed E-state index contributed by atoms with van der Waals surface area (Å²) in [4.78, 5) is 10.5. The lowest BCUT2D eigenvalue weighted by atomic mass is 11.5. The van der Waals surface area contributed by atoms with Crippen molar-refractivity contribution in [2.45, 2.75) is 0 Å². The number of hydrogen-bond acceptors (Lipinski definition) is 6. The highest BCUT2D eigenvalue weighted by Gasteiger charge is 1.93. The Morgan fingerprint density at radius 3 is 1.11 bits per heavy atom. The third kappa shape index (κ3) is 1.15. The van der Waals surface area contributed by atoms with Crippen LogP contribution in [0.2, 0.25) is 0 Å². The number of hydrogen-bond donors (Lipinski definition) is 3. The van der Waals surface area contributed by atoms with Crippen molar-refractivity contribution in [3.8, 4) is 0 Å². The van der Waals surface area contributed by atoms with Crippen molar-refractivity contribution in [2.75, 3.05) is 17.2 Å². The zero-order valence-corrected chi connectivity index (χ0v) is 4.57. The largest absolute Gasteiger partial charge is 0.368 e. The molecule has 1 aromatic rings. The quantitative estimate of drug-likeness (QED) is 0.397. The smallest absolute Gasteiger partial charge is 0.226 e. The topological polar surface area (TPSA) is 117 Å². The predicted octanol–water partition coefficient (Wildman–Crippen LogP) is -1.38. The molecule has 0 aromatic carbocycles. The summed E-state index contributed by atoms with van der Waals surface area (Å²) in [5, 5.41) is 0. The van der Waals surface area contributed by atoms with Crippen LogP contribution in [0.4, 0.5) is 17.8 Å². The van der Waals surface area contributed by atoms with E-state index in [4.69, 9.17) is 17.2 Å². The van der Waals surface area contributed by atoms with Crippen LogP contribution < -0.4 is 17.2 Å². The standard InChI is InChI=1S/C3H6N6/c4-1-7-2(5)9-3(6)8-1/h(H6,4,5,6,7,8,9)/i1+1,2+1,3+1. The molecule has 0 fully saturated rings. The van der Waals surface area contributed by atoms with E-state index in [9.17, 15) is 0 Å². The third-order valence-electron chi connectivity index (χ3n) is 0.687. The van der Waals surface area contributed by atoms with Gasteiger partial charge in [-0.2, -0.15) is 15.0 Å². The molecule has 0 saturated heterocycles. The number of rotatable bonds is 0. The molecule has 48 valence electrons. The second-order valence-electron chi connectivity index (χ2n) is 1.41. The van der Waals surface area contributed by atoms with Crippen molar-refractivity contribution in [3.63, 3.8) is 0 Å². The molecule has 0 bridgehead atoms. The number of aromatic nitrogens is 3. The van der Waals surface area contributed by atoms with Gasteiger partial charge in [0.1, 0.15) is 0 Å². The maximum atomic E-state index is 5.14. The average Bonchev–Trinajstić information content (AvgIpc) is 1.59. The minimum atomic E-state index is 0.0417. The minimum Gasteiger partial charge on any atom is -0.368 e. The fourth-order valence-electron chi connectivity index (χ4n) is 0.427. The molecule has 0 atom stereocenters. The summed E-state index contributed by atoms with van der Waals surface area (Å²) in [6.45, 7) is 0. The van der Waals surface area contributed by atoms with Crippen LogP contribution in [0.5, 0.6) is 0 Å². The predicted molar refractivity (Wildman–Crippen MR) is 33.1 cm³/mol. The van der Waals surface area contributed by atoms with Crippen LogP contribution in [0.25, 0.3) is 0 Å². The lowest BCUT2D eigenvalue weighted by molar-refractivity contribution is 1.09. The summed E-state index contributed by atoms with van der Waals surface area (Å²) < 4.78 is 0.